The van der Waals surface area contributed by atoms with Gasteiger partial charge in [0.2, 0.25) is 0 Å². The lowest BCUT2D eigenvalue weighted by molar-refractivity contribution is 0.169. The number of hydrogen-bond donors (Lipinski definition) is 1. The van der Waals surface area contributed by atoms with Gasteiger partial charge in [-0.3, -0.25) is 9.88 Å². The van der Waals surface area contributed by atoms with Crippen LogP contribution in [0.5, 0.6) is 0 Å². The molecule has 1 saturated heterocycles. The van der Waals surface area contributed by atoms with Crippen molar-refractivity contribution in [2.24, 2.45) is 0 Å². The standard InChI is InChI=1S/C15H23N3O/c1-2-15(19)14-6-5-13(11-16-14)18-9-7-17(8-10-18)12-3-4-12/h5-6,11-12,15,19H,2-4,7-10H2,1H3. The summed E-state index contributed by atoms with van der Waals surface area (Å²) in [6.07, 6.45) is 4.98. The number of aromatic nitrogens is 1. The highest BCUT2D eigenvalue weighted by molar-refractivity contribution is 5.45. The van der Waals surface area contributed by atoms with Crippen molar-refractivity contribution < 1.29 is 5.11 Å². The summed E-state index contributed by atoms with van der Waals surface area (Å²) in [6, 6.07) is 4.92. The molecule has 1 aromatic heterocycles. The van der Waals surface area contributed by atoms with E-state index >= 15 is 0 Å². The summed E-state index contributed by atoms with van der Waals surface area (Å²) in [4.78, 5) is 9.39. The van der Waals surface area contributed by atoms with Gasteiger partial charge in [-0.25, -0.2) is 0 Å². The lowest BCUT2D eigenvalue weighted by Crippen LogP contribution is -2.47. The van der Waals surface area contributed by atoms with E-state index in [0.29, 0.717) is 6.42 Å². The fourth-order valence-electron chi connectivity index (χ4n) is 2.78. The quantitative estimate of drug-likeness (QED) is 0.897. The third-order valence-corrected chi connectivity index (χ3v) is 4.24. The molecule has 1 aliphatic carbocycles. The summed E-state index contributed by atoms with van der Waals surface area (Å²) in [7, 11) is 0. The Hall–Kier alpha value is -1.13. The summed E-state index contributed by atoms with van der Waals surface area (Å²) in [5, 5.41) is 9.75. The maximum absolute atomic E-state index is 9.75. The highest BCUT2D eigenvalue weighted by atomic mass is 16.3. The van der Waals surface area contributed by atoms with Gasteiger partial charge in [0.05, 0.1) is 23.7 Å². The summed E-state index contributed by atoms with van der Waals surface area (Å²) in [6.45, 7) is 6.49. The number of rotatable bonds is 4. The van der Waals surface area contributed by atoms with Gasteiger partial charge in [0.15, 0.2) is 0 Å². The minimum Gasteiger partial charge on any atom is -0.387 e. The maximum atomic E-state index is 9.75. The molecular formula is C15H23N3O. The normalized spacial score (nSPS) is 22.5. The van der Waals surface area contributed by atoms with E-state index in [0.717, 1.165) is 24.8 Å². The van der Waals surface area contributed by atoms with Crippen molar-refractivity contribution in [1.29, 1.82) is 0 Å². The lowest BCUT2D eigenvalue weighted by Gasteiger charge is -2.36. The van der Waals surface area contributed by atoms with Crippen molar-refractivity contribution in [2.75, 3.05) is 31.1 Å². The third kappa shape index (κ3) is 2.90. The van der Waals surface area contributed by atoms with E-state index in [1.807, 2.05) is 19.2 Å². The van der Waals surface area contributed by atoms with Crippen LogP contribution in [-0.2, 0) is 0 Å². The van der Waals surface area contributed by atoms with Gasteiger partial charge in [-0.15, -0.1) is 0 Å². The molecule has 1 N–H and O–H groups in total. The van der Waals surface area contributed by atoms with Crippen LogP contribution in [0.15, 0.2) is 18.3 Å². The fourth-order valence-corrected chi connectivity index (χ4v) is 2.78. The highest BCUT2D eigenvalue weighted by Gasteiger charge is 2.31. The molecule has 1 aliphatic heterocycles. The van der Waals surface area contributed by atoms with E-state index in [4.69, 9.17) is 0 Å². The van der Waals surface area contributed by atoms with E-state index in [1.54, 1.807) is 0 Å². The summed E-state index contributed by atoms with van der Waals surface area (Å²) < 4.78 is 0. The second-order valence-electron chi connectivity index (χ2n) is 5.62. The van der Waals surface area contributed by atoms with Gasteiger partial charge in [-0.1, -0.05) is 6.92 Å². The molecule has 104 valence electrons. The number of piperazine rings is 1. The largest absolute Gasteiger partial charge is 0.387 e. The molecule has 2 fully saturated rings. The minimum absolute atomic E-state index is 0.430. The summed E-state index contributed by atoms with van der Waals surface area (Å²) >= 11 is 0. The zero-order valence-electron chi connectivity index (χ0n) is 11.6. The number of pyridine rings is 1. The van der Waals surface area contributed by atoms with E-state index in [-0.39, 0.29) is 0 Å². The Morgan fingerprint density at radius 2 is 2.00 bits per heavy atom. The van der Waals surface area contributed by atoms with Crippen molar-refractivity contribution >= 4 is 5.69 Å². The molecule has 1 unspecified atom stereocenters. The lowest BCUT2D eigenvalue weighted by atomic mass is 10.2. The van der Waals surface area contributed by atoms with Crippen LogP contribution in [0.1, 0.15) is 38.0 Å². The van der Waals surface area contributed by atoms with Crippen molar-refractivity contribution in [3.63, 3.8) is 0 Å². The number of hydrogen-bond acceptors (Lipinski definition) is 4. The van der Waals surface area contributed by atoms with Crippen molar-refractivity contribution in [2.45, 2.75) is 38.3 Å². The van der Waals surface area contributed by atoms with Crippen molar-refractivity contribution in [3.05, 3.63) is 24.0 Å². The average Bonchev–Trinajstić information content (AvgIpc) is 3.31. The first-order valence-corrected chi connectivity index (χ1v) is 7.41. The van der Waals surface area contributed by atoms with E-state index in [9.17, 15) is 5.11 Å². The fraction of sp³-hybridized carbons (Fsp3) is 0.667. The second kappa shape index (κ2) is 5.47. The molecule has 3 rings (SSSR count). The van der Waals surface area contributed by atoms with Crippen LogP contribution in [0.25, 0.3) is 0 Å². The molecule has 0 spiro atoms. The van der Waals surface area contributed by atoms with E-state index < -0.39 is 6.10 Å². The number of nitrogens with zero attached hydrogens (tertiary/aromatic N) is 3. The van der Waals surface area contributed by atoms with Gasteiger partial charge < -0.3 is 10.0 Å². The molecule has 1 atom stereocenters. The van der Waals surface area contributed by atoms with Gasteiger partial charge in [0.1, 0.15) is 0 Å². The SMILES string of the molecule is CCC(O)c1ccc(N2CCN(C3CC3)CC2)cn1. The van der Waals surface area contributed by atoms with Crippen LogP contribution in [0.2, 0.25) is 0 Å². The van der Waals surface area contributed by atoms with Gasteiger partial charge in [0.25, 0.3) is 0 Å². The molecule has 4 nitrogen and oxygen atoms in total. The van der Waals surface area contributed by atoms with Gasteiger partial charge in [-0.05, 0) is 31.4 Å². The molecular weight excluding hydrogens is 238 g/mol. The van der Waals surface area contributed by atoms with E-state index in [1.165, 1.54) is 31.6 Å². The molecule has 0 bridgehead atoms. The highest BCUT2D eigenvalue weighted by Crippen LogP contribution is 2.28. The van der Waals surface area contributed by atoms with Crippen molar-refractivity contribution in [3.8, 4) is 0 Å². The molecule has 2 heterocycles. The predicted molar refractivity (Wildman–Crippen MR) is 76.3 cm³/mol. The Balaban J connectivity index is 1.60. The smallest absolute Gasteiger partial charge is 0.0957 e. The summed E-state index contributed by atoms with van der Waals surface area (Å²) in [5.74, 6) is 0. The zero-order valence-corrected chi connectivity index (χ0v) is 11.6. The monoisotopic (exact) mass is 261 g/mol. The predicted octanol–water partition coefficient (Wildman–Crippen LogP) is 1.81. The Labute approximate surface area is 115 Å². The Morgan fingerprint density at radius 3 is 2.53 bits per heavy atom. The molecule has 2 aliphatic rings. The molecule has 4 heteroatoms. The first-order valence-electron chi connectivity index (χ1n) is 7.41. The molecule has 1 saturated carbocycles. The van der Waals surface area contributed by atoms with Crippen LogP contribution < -0.4 is 4.90 Å². The third-order valence-electron chi connectivity index (χ3n) is 4.24. The molecule has 19 heavy (non-hydrogen) atoms. The van der Waals surface area contributed by atoms with Crippen LogP contribution in [0.3, 0.4) is 0 Å². The Bertz CT molecular complexity index is 408. The number of aliphatic hydroxyl groups excluding tert-OH is 1. The number of anilines is 1. The maximum Gasteiger partial charge on any atom is 0.0957 e. The average molecular weight is 261 g/mol. The number of aliphatic hydroxyl groups is 1. The van der Waals surface area contributed by atoms with Crippen LogP contribution in [0, 0.1) is 0 Å². The Morgan fingerprint density at radius 1 is 1.26 bits per heavy atom. The topological polar surface area (TPSA) is 39.6 Å². The minimum atomic E-state index is -0.430. The van der Waals surface area contributed by atoms with Gasteiger partial charge in [0, 0.05) is 32.2 Å². The van der Waals surface area contributed by atoms with E-state index in [2.05, 4.69) is 20.9 Å². The van der Waals surface area contributed by atoms with Crippen LogP contribution in [-0.4, -0.2) is 47.2 Å². The van der Waals surface area contributed by atoms with Crippen LogP contribution >= 0.6 is 0 Å². The second-order valence-corrected chi connectivity index (χ2v) is 5.62. The summed E-state index contributed by atoms with van der Waals surface area (Å²) in [5.41, 5.74) is 1.96. The zero-order chi connectivity index (χ0) is 13.2. The first kappa shape index (κ1) is 12.9. The van der Waals surface area contributed by atoms with Crippen LogP contribution in [0.4, 0.5) is 5.69 Å². The Kier molecular flexibility index (Phi) is 3.71. The molecule has 1 aromatic rings. The van der Waals surface area contributed by atoms with Gasteiger partial charge in [-0.2, -0.15) is 0 Å². The molecule has 0 radical (unpaired) electrons. The van der Waals surface area contributed by atoms with Crippen molar-refractivity contribution in [1.82, 2.24) is 9.88 Å². The first-order chi connectivity index (χ1) is 9.28. The van der Waals surface area contributed by atoms with Gasteiger partial charge >= 0.3 is 0 Å². The molecule has 0 aromatic carbocycles. The molecule has 0 amide bonds.